The van der Waals surface area contributed by atoms with Gasteiger partial charge >= 0.3 is 0 Å². The average molecular weight is 333 g/mol. The predicted octanol–water partition coefficient (Wildman–Crippen LogP) is 3.36. The molecule has 2 aromatic rings. The molecule has 0 spiro atoms. The molecule has 0 saturated carbocycles. The van der Waals surface area contributed by atoms with Crippen LogP contribution < -0.4 is 5.32 Å². The Balaban J connectivity index is 1.78. The van der Waals surface area contributed by atoms with Gasteiger partial charge in [0.2, 0.25) is 0 Å². The second-order valence-electron chi connectivity index (χ2n) is 6.53. The number of hydrogen-bond acceptors (Lipinski definition) is 3. The normalized spacial score (nSPS) is 17.2. The lowest BCUT2D eigenvalue weighted by Crippen LogP contribution is -2.52. The third-order valence-corrected chi connectivity index (χ3v) is 4.83. The molecule has 0 aliphatic carbocycles. The Morgan fingerprint density at radius 1 is 1.28 bits per heavy atom. The monoisotopic (exact) mass is 333 g/mol. The topological polar surface area (TPSA) is 56.1 Å². The molecule has 1 atom stereocenters. The summed E-state index contributed by atoms with van der Waals surface area (Å²) in [6, 6.07) is 16.0. The summed E-state index contributed by atoms with van der Waals surface area (Å²) in [6.45, 7) is 6.52. The van der Waals surface area contributed by atoms with E-state index in [0.29, 0.717) is 11.6 Å². The molecule has 25 heavy (non-hydrogen) atoms. The molecule has 128 valence electrons. The Kier molecular flexibility index (Phi) is 5.16. The minimum atomic E-state index is 0.100. The van der Waals surface area contributed by atoms with Crippen molar-refractivity contribution in [3.8, 4) is 17.2 Å². The Morgan fingerprint density at radius 3 is 2.68 bits per heavy atom. The molecule has 1 amide bonds. The standard InChI is InChI=1S/C21H23N3O/c1-3-19-14-24(11-10-23-19)21(25)18-7-5-17(6-8-18)20-9-4-16(13-22)12-15(20)2/h4-9,12,19,23H,3,10-11,14H2,1-2H3/t19-/m1/s1. The SMILES string of the molecule is CC[C@@H]1CN(C(=O)c2ccc(-c3ccc(C#N)cc3C)cc2)CCN1. The average Bonchev–Trinajstić information content (AvgIpc) is 2.67. The van der Waals surface area contributed by atoms with Crippen molar-refractivity contribution in [1.29, 1.82) is 5.26 Å². The highest BCUT2D eigenvalue weighted by Gasteiger charge is 2.22. The van der Waals surface area contributed by atoms with Gasteiger partial charge < -0.3 is 10.2 Å². The molecule has 1 fully saturated rings. The highest BCUT2D eigenvalue weighted by Crippen LogP contribution is 2.25. The lowest BCUT2D eigenvalue weighted by molar-refractivity contribution is 0.0701. The van der Waals surface area contributed by atoms with Crippen LogP contribution in [0, 0.1) is 18.3 Å². The first-order chi connectivity index (χ1) is 12.1. The molecule has 1 aliphatic rings. The van der Waals surface area contributed by atoms with Crippen LogP contribution in [-0.4, -0.2) is 36.5 Å². The molecule has 1 heterocycles. The lowest BCUT2D eigenvalue weighted by atomic mass is 9.97. The van der Waals surface area contributed by atoms with Crippen LogP contribution in [-0.2, 0) is 0 Å². The Hall–Kier alpha value is -2.64. The van der Waals surface area contributed by atoms with Crippen molar-refractivity contribution in [1.82, 2.24) is 10.2 Å². The van der Waals surface area contributed by atoms with Crippen LogP contribution in [0.4, 0.5) is 0 Å². The summed E-state index contributed by atoms with van der Waals surface area (Å²) >= 11 is 0. The third kappa shape index (κ3) is 3.72. The van der Waals surface area contributed by atoms with Gasteiger partial charge in [0.1, 0.15) is 0 Å². The fourth-order valence-electron chi connectivity index (χ4n) is 3.32. The van der Waals surface area contributed by atoms with E-state index < -0.39 is 0 Å². The number of carbonyl (C=O) groups excluding carboxylic acids is 1. The molecule has 1 aliphatic heterocycles. The van der Waals surface area contributed by atoms with E-state index in [9.17, 15) is 4.79 Å². The van der Waals surface area contributed by atoms with E-state index >= 15 is 0 Å². The van der Waals surface area contributed by atoms with Crippen LogP contribution in [0.25, 0.3) is 11.1 Å². The predicted molar refractivity (Wildman–Crippen MR) is 99.3 cm³/mol. The Morgan fingerprint density at radius 2 is 2.04 bits per heavy atom. The molecule has 1 N–H and O–H groups in total. The second-order valence-corrected chi connectivity index (χ2v) is 6.53. The fourth-order valence-corrected chi connectivity index (χ4v) is 3.32. The quantitative estimate of drug-likeness (QED) is 0.937. The van der Waals surface area contributed by atoms with Gasteiger partial charge in [0.05, 0.1) is 11.6 Å². The van der Waals surface area contributed by atoms with E-state index in [4.69, 9.17) is 5.26 Å². The van der Waals surface area contributed by atoms with Gasteiger partial charge in [-0.15, -0.1) is 0 Å². The summed E-state index contributed by atoms with van der Waals surface area (Å²) in [4.78, 5) is 14.7. The van der Waals surface area contributed by atoms with Gasteiger partial charge in [0.15, 0.2) is 0 Å². The van der Waals surface area contributed by atoms with Crippen molar-refractivity contribution in [3.63, 3.8) is 0 Å². The number of carbonyl (C=O) groups is 1. The third-order valence-electron chi connectivity index (χ3n) is 4.83. The number of nitrogens with zero attached hydrogens (tertiary/aromatic N) is 2. The number of amides is 1. The first kappa shape index (κ1) is 17.2. The summed E-state index contributed by atoms with van der Waals surface area (Å²) in [7, 11) is 0. The zero-order valence-electron chi connectivity index (χ0n) is 14.7. The zero-order valence-corrected chi connectivity index (χ0v) is 14.7. The van der Waals surface area contributed by atoms with Crippen molar-refractivity contribution < 1.29 is 4.79 Å². The molecule has 0 aromatic heterocycles. The van der Waals surface area contributed by atoms with Crippen molar-refractivity contribution in [2.24, 2.45) is 0 Å². The van der Waals surface area contributed by atoms with E-state index in [0.717, 1.165) is 48.3 Å². The molecule has 0 bridgehead atoms. The Labute approximate surface area is 149 Å². The number of nitriles is 1. The van der Waals surface area contributed by atoms with E-state index in [1.807, 2.05) is 54.3 Å². The van der Waals surface area contributed by atoms with Crippen molar-refractivity contribution >= 4 is 5.91 Å². The van der Waals surface area contributed by atoms with E-state index in [1.165, 1.54) is 0 Å². The summed E-state index contributed by atoms with van der Waals surface area (Å²) in [5.74, 6) is 0.100. The van der Waals surface area contributed by atoms with Gasteiger partial charge in [-0.2, -0.15) is 5.26 Å². The van der Waals surface area contributed by atoms with Crippen LogP contribution in [0.2, 0.25) is 0 Å². The van der Waals surface area contributed by atoms with Crippen LogP contribution >= 0.6 is 0 Å². The van der Waals surface area contributed by atoms with Gasteiger partial charge in [-0.3, -0.25) is 4.79 Å². The number of hydrogen-bond donors (Lipinski definition) is 1. The van der Waals surface area contributed by atoms with Crippen LogP contribution in [0.1, 0.15) is 34.8 Å². The number of benzene rings is 2. The number of piperazine rings is 1. The van der Waals surface area contributed by atoms with E-state index in [2.05, 4.69) is 18.3 Å². The summed E-state index contributed by atoms with van der Waals surface area (Å²) in [6.07, 6.45) is 1.03. The zero-order chi connectivity index (χ0) is 17.8. The van der Waals surface area contributed by atoms with Crippen molar-refractivity contribution in [2.45, 2.75) is 26.3 Å². The van der Waals surface area contributed by atoms with Gasteiger partial charge in [0.25, 0.3) is 5.91 Å². The molecular weight excluding hydrogens is 310 g/mol. The highest BCUT2D eigenvalue weighted by atomic mass is 16.2. The minimum Gasteiger partial charge on any atom is -0.336 e. The van der Waals surface area contributed by atoms with Crippen LogP contribution in [0.15, 0.2) is 42.5 Å². The summed E-state index contributed by atoms with van der Waals surface area (Å²) in [5.41, 5.74) is 4.60. The largest absolute Gasteiger partial charge is 0.336 e. The van der Waals surface area contributed by atoms with Gasteiger partial charge in [0, 0.05) is 31.2 Å². The second kappa shape index (κ2) is 7.50. The molecule has 3 rings (SSSR count). The van der Waals surface area contributed by atoms with Crippen molar-refractivity contribution in [2.75, 3.05) is 19.6 Å². The van der Waals surface area contributed by atoms with Crippen molar-refractivity contribution in [3.05, 3.63) is 59.2 Å². The molecule has 0 radical (unpaired) electrons. The number of aryl methyl sites for hydroxylation is 1. The van der Waals surface area contributed by atoms with Crippen LogP contribution in [0.5, 0.6) is 0 Å². The summed E-state index contributed by atoms with van der Waals surface area (Å²) in [5, 5.41) is 12.4. The summed E-state index contributed by atoms with van der Waals surface area (Å²) < 4.78 is 0. The lowest BCUT2D eigenvalue weighted by Gasteiger charge is -2.33. The molecule has 2 aromatic carbocycles. The Bertz CT molecular complexity index is 805. The molecular formula is C21H23N3O. The molecule has 4 heteroatoms. The number of nitrogens with one attached hydrogen (secondary N) is 1. The number of rotatable bonds is 3. The maximum absolute atomic E-state index is 12.7. The maximum atomic E-state index is 12.7. The first-order valence-corrected chi connectivity index (χ1v) is 8.76. The maximum Gasteiger partial charge on any atom is 0.253 e. The molecule has 1 saturated heterocycles. The minimum absolute atomic E-state index is 0.100. The van der Waals surface area contributed by atoms with Gasteiger partial charge in [-0.05, 0) is 54.3 Å². The molecule has 0 unspecified atom stereocenters. The van der Waals surface area contributed by atoms with Gasteiger partial charge in [-0.1, -0.05) is 25.1 Å². The highest BCUT2D eigenvalue weighted by molar-refractivity contribution is 5.95. The van der Waals surface area contributed by atoms with E-state index in [-0.39, 0.29) is 5.91 Å². The smallest absolute Gasteiger partial charge is 0.253 e. The van der Waals surface area contributed by atoms with Gasteiger partial charge in [-0.25, -0.2) is 0 Å². The van der Waals surface area contributed by atoms with Crippen LogP contribution in [0.3, 0.4) is 0 Å². The fraction of sp³-hybridized carbons (Fsp3) is 0.333. The molecule has 4 nitrogen and oxygen atoms in total. The first-order valence-electron chi connectivity index (χ1n) is 8.76. The van der Waals surface area contributed by atoms with E-state index in [1.54, 1.807) is 0 Å².